The van der Waals surface area contributed by atoms with Gasteiger partial charge in [0, 0.05) is 18.2 Å². The van der Waals surface area contributed by atoms with Gasteiger partial charge in [-0.2, -0.15) is 0 Å². The van der Waals surface area contributed by atoms with E-state index in [4.69, 9.17) is 14.2 Å². The third-order valence-electron chi connectivity index (χ3n) is 2.98. The lowest BCUT2D eigenvalue weighted by Crippen LogP contribution is -2.00. The zero-order valence-electron chi connectivity index (χ0n) is 9.37. The molecule has 1 atom stereocenters. The molecule has 0 saturated heterocycles. The number of hydrogen-bond acceptors (Lipinski definition) is 3. The van der Waals surface area contributed by atoms with Crippen molar-refractivity contribution in [2.24, 2.45) is 0 Å². The zero-order chi connectivity index (χ0) is 10.8. The van der Waals surface area contributed by atoms with Gasteiger partial charge in [-0.25, -0.2) is 0 Å². The topological polar surface area (TPSA) is 27.7 Å². The van der Waals surface area contributed by atoms with Crippen LogP contribution in [-0.4, -0.2) is 21.3 Å². The molecule has 0 aliphatic heterocycles. The number of ether oxygens (including phenoxy) is 3. The van der Waals surface area contributed by atoms with Crippen LogP contribution in [0.1, 0.15) is 23.7 Å². The Morgan fingerprint density at radius 2 is 1.73 bits per heavy atom. The average molecular weight is 208 g/mol. The average Bonchev–Trinajstić information content (AvgIpc) is 2.71. The molecule has 0 radical (unpaired) electrons. The third-order valence-corrected chi connectivity index (χ3v) is 2.98. The standard InChI is InChI=1S/C12H16O3/c1-13-9-6-7-11(15-3)12-8(9)4-5-10(12)14-2/h6-7,10H,4-5H2,1-3H3. The maximum atomic E-state index is 5.44. The molecule has 0 heterocycles. The second-order valence-electron chi connectivity index (χ2n) is 3.63. The molecule has 15 heavy (non-hydrogen) atoms. The monoisotopic (exact) mass is 208 g/mol. The molecule has 3 heteroatoms. The predicted molar refractivity (Wildman–Crippen MR) is 57.6 cm³/mol. The van der Waals surface area contributed by atoms with E-state index in [1.807, 2.05) is 12.1 Å². The maximum Gasteiger partial charge on any atom is 0.125 e. The summed E-state index contributed by atoms with van der Waals surface area (Å²) in [5.41, 5.74) is 2.38. The van der Waals surface area contributed by atoms with E-state index in [2.05, 4.69) is 0 Å². The molecule has 1 aromatic carbocycles. The van der Waals surface area contributed by atoms with Crippen molar-refractivity contribution in [3.8, 4) is 11.5 Å². The highest BCUT2D eigenvalue weighted by Gasteiger charge is 2.28. The van der Waals surface area contributed by atoms with Gasteiger partial charge in [0.15, 0.2) is 0 Å². The van der Waals surface area contributed by atoms with Crippen LogP contribution in [0, 0.1) is 0 Å². The molecule has 0 fully saturated rings. The highest BCUT2D eigenvalue weighted by molar-refractivity contribution is 5.52. The molecule has 3 nitrogen and oxygen atoms in total. The Hall–Kier alpha value is -1.22. The molecule has 0 bridgehead atoms. The molecule has 1 unspecified atom stereocenters. The molecule has 1 aromatic rings. The van der Waals surface area contributed by atoms with Crippen LogP contribution in [0.15, 0.2) is 12.1 Å². The first kappa shape index (κ1) is 10.3. The van der Waals surface area contributed by atoms with Crippen molar-refractivity contribution in [3.63, 3.8) is 0 Å². The molecule has 1 aliphatic rings. The zero-order valence-corrected chi connectivity index (χ0v) is 9.37. The van der Waals surface area contributed by atoms with Crippen molar-refractivity contribution in [2.75, 3.05) is 21.3 Å². The van der Waals surface area contributed by atoms with E-state index in [9.17, 15) is 0 Å². The van der Waals surface area contributed by atoms with Crippen LogP contribution in [0.4, 0.5) is 0 Å². The van der Waals surface area contributed by atoms with Crippen LogP contribution in [0.25, 0.3) is 0 Å². The summed E-state index contributed by atoms with van der Waals surface area (Å²) in [5, 5.41) is 0. The molecule has 82 valence electrons. The van der Waals surface area contributed by atoms with Crippen LogP contribution >= 0.6 is 0 Å². The van der Waals surface area contributed by atoms with E-state index in [-0.39, 0.29) is 6.10 Å². The molecule has 0 aromatic heterocycles. The Morgan fingerprint density at radius 3 is 2.33 bits per heavy atom. The minimum Gasteiger partial charge on any atom is -0.496 e. The van der Waals surface area contributed by atoms with Crippen molar-refractivity contribution in [1.29, 1.82) is 0 Å². The Bertz CT molecular complexity index is 360. The first-order valence-corrected chi connectivity index (χ1v) is 5.08. The van der Waals surface area contributed by atoms with Gasteiger partial charge >= 0.3 is 0 Å². The Balaban J connectivity index is 2.52. The van der Waals surface area contributed by atoms with Crippen molar-refractivity contribution in [3.05, 3.63) is 23.3 Å². The van der Waals surface area contributed by atoms with E-state index in [0.717, 1.165) is 29.9 Å². The normalized spacial score (nSPS) is 18.7. The van der Waals surface area contributed by atoms with Crippen LogP contribution < -0.4 is 9.47 Å². The number of fused-ring (bicyclic) bond motifs is 1. The van der Waals surface area contributed by atoms with Gasteiger partial charge in [0.1, 0.15) is 11.5 Å². The Labute approximate surface area is 90.0 Å². The summed E-state index contributed by atoms with van der Waals surface area (Å²) in [6.07, 6.45) is 2.14. The van der Waals surface area contributed by atoms with Gasteiger partial charge in [-0.1, -0.05) is 0 Å². The minimum absolute atomic E-state index is 0.144. The van der Waals surface area contributed by atoms with Crippen molar-refractivity contribution >= 4 is 0 Å². The summed E-state index contributed by atoms with van der Waals surface area (Å²) in [4.78, 5) is 0. The number of rotatable bonds is 3. The summed E-state index contributed by atoms with van der Waals surface area (Å²) in [6.45, 7) is 0. The Kier molecular flexibility index (Phi) is 2.82. The fourth-order valence-corrected chi connectivity index (χ4v) is 2.26. The summed E-state index contributed by atoms with van der Waals surface area (Å²) in [5.74, 6) is 1.83. The van der Waals surface area contributed by atoms with E-state index < -0.39 is 0 Å². The smallest absolute Gasteiger partial charge is 0.125 e. The second kappa shape index (κ2) is 4.11. The second-order valence-corrected chi connectivity index (χ2v) is 3.63. The SMILES string of the molecule is COc1ccc(OC)c2c1CCC2OC. The third kappa shape index (κ3) is 1.57. The molecule has 2 rings (SSSR count). The van der Waals surface area contributed by atoms with Crippen LogP contribution in [0.5, 0.6) is 11.5 Å². The molecular formula is C12H16O3. The fraction of sp³-hybridized carbons (Fsp3) is 0.500. The summed E-state index contributed by atoms with van der Waals surface area (Å²) in [7, 11) is 5.12. The van der Waals surface area contributed by atoms with Gasteiger partial charge in [0.25, 0.3) is 0 Å². The highest BCUT2D eigenvalue weighted by Crippen LogP contribution is 2.43. The van der Waals surface area contributed by atoms with E-state index >= 15 is 0 Å². The van der Waals surface area contributed by atoms with E-state index in [1.165, 1.54) is 5.56 Å². The fourth-order valence-electron chi connectivity index (χ4n) is 2.26. The summed E-state index contributed by atoms with van der Waals surface area (Å²) in [6, 6.07) is 3.89. The lowest BCUT2D eigenvalue weighted by Gasteiger charge is -2.15. The van der Waals surface area contributed by atoms with Crippen molar-refractivity contribution in [1.82, 2.24) is 0 Å². The molecule has 0 amide bonds. The van der Waals surface area contributed by atoms with Crippen LogP contribution in [-0.2, 0) is 11.2 Å². The molecule has 0 saturated carbocycles. The summed E-state index contributed by atoms with van der Waals surface area (Å²) >= 11 is 0. The first-order valence-electron chi connectivity index (χ1n) is 5.08. The van der Waals surface area contributed by atoms with Gasteiger partial charge in [-0.3, -0.25) is 0 Å². The largest absolute Gasteiger partial charge is 0.496 e. The van der Waals surface area contributed by atoms with Gasteiger partial charge in [0.2, 0.25) is 0 Å². The number of hydrogen-bond donors (Lipinski definition) is 0. The van der Waals surface area contributed by atoms with Crippen LogP contribution in [0.3, 0.4) is 0 Å². The maximum absolute atomic E-state index is 5.44. The Morgan fingerprint density at radius 1 is 1.07 bits per heavy atom. The predicted octanol–water partition coefficient (Wildman–Crippen LogP) is 2.34. The summed E-state index contributed by atoms with van der Waals surface area (Å²) < 4.78 is 16.1. The first-order chi connectivity index (χ1) is 7.31. The molecular weight excluding hydrogens is 192 g/mol. The van der Waals surface area contributed by atoms with Gasteiger partial charge < -0.3 is 14.2 Å². The van der Waals surface area contributed by atoms with Crippen molar-refractivity contribution in [2.45, 2.75) is 18.9 Å². The lowest BCUT2D eigenvalue weighted by atomic mass is 10.1. The van der Waals surface area contributed by atoms with E-state index in [1.54, 1.807) is 21.3 Å². The molecule has 0 spiro atoms. The van der Waals surface area contributed by atoms with Crippen LogP contribution in [0.2, 0.25) is 0 Å². The van der Waals surface area contributed by atoms with Crippen molar-refractivity contribution < 1.29 is 14.2 Å². The number of benzene rings is 1. The van der Waals surface area contributed by atoms with E-state index in [0.29, 0.717) is 0 Å². The minimum atomic E-state index is 0.144. The van der Waals surface area contributed by atoms with Gasteiger partial charge in [-0.15, -0.1) is 0 Å². The quantitative estimate of drug-likeness (QED) is 0.763. The number of methoxy groups -OCH3 is 3. The molecule has 0 N–H and O–H groups in total. The highest BCUT2D eigenvalue weighted by atomic mass is 16.5. The molecule has 1 aliphatic carbocycles. The lowest BCUT2D eigenvalue weighted by molar-refractivity contribution is 0.103. The van der Waals surface area contributed by atoms with Gasteiger partial charge in [-0.05, 0) is 25.0 Å². The van der Waals surface area contributed by atoms with Gasteiger partial charge in [0.05, 0.1) is 20.3 Å².